The molecule has 5 nitrogen and oxygen atoms in total. The lowest BCUT2D eigenvalue weighted by Crippen LogP contribution is -2.26. The second kappa shape index (κ2) is 3.24. The van der Waals surface area contributed by atoms with E-state index in [-0.39, 0.29) is 12.0 Å². The van der Waals surface area contributed by atoms with Gasteiger partial charge in [-0.05, 0) is 20.8 Å². The number of aliphatic carboxylic acids is 1. The highest BCUT2D eigenvalue weighted by Gasteiger charge is 2.30. The minimum Gasteiger partial charge on any atom is -0.478 e. The quantitative estimate of drug-likeness (QED) is 0.664. The first-order valence-electron chi connectivity index (χ1n) is 4.03. The smallest absolute Gasteiger partial charge is 0.348 e. The summed E-state index contributed by atoms with van der Waals surface area (Å²) in [4.78, 5) is 15.1. The number of oxime groups is 1. The summed E-state index contributed by atoms with van der Waals surface area (Å²) >= 11 is 0. The highest BCUT2D eigenvalue weighted by molar-refractivity contribution is 5.85. The number of ether oxygens (including phenoxy) is 1. The summed E-state index contributed by atoms with van der Waals surface area (Å²) in [5, 5.41) is 12.1. The van der Waals surface area contributed by atoms with Crippen LogP contribution < -0.4 is 0 Å². The average Bonchev–Trinajstić information content (AvgIpc) is 2.31. The number of rotatable bonds is 1. The van der Waals surface area contributed by atoms with Crippen molar-refractivity contribution in [3.63, 3.8) is 0 Å². The maximum absolute atomic E-state index is 10.5. The number of carboxylic acids is 1. The van der Waals surface area contributed by atoms with Gasteiger partial charge in [0.15, 0.2) is 0 Å². The third-order valence-corrected chi connectivity index (χ3v) is 1.34. The molecule has 13 heavy (non-hydrogen) atoms. The fraction of sp³-hybridized carbons (Fsp3) is 0.750. The second-order valence-electron chi connectivity index (χ2n) is 3.84. The van der Waals surface area contributed by atoms with Gasteiger partial charge < -0.3 is 14.7 Å². The van der Waals surface area contributed by atoms with Gasteiger partial charge in [0.05, 0.1) is 6.42 Å². The van der Waals surface area contributed by atoms with Crippen molar-refractivity contribution in [1.29, 1.82) is 0 Å². The largest absolute Gasteiger partial charge is 0.478 e. The van der Waals surface area contributed by atoms with Gasteiger partial charge in [-0.25, -0.2) is 4.79 Å². The van der Waals surface area contributed by atoms with Crippen LogP contribution in [0, 0.1) is 0 Å². The Kier molecular flexibility index (Phi) is 2.45. The van der Waals surface area contributed by atoms with E-state index in [9.17, 15) is 4.79 Å². The Morgan fingerprint density at radius 1 is 1.69 bits per heavy atom. The van der Waals surface area contributed by atoms with E-state index in [1.807, 2.05) is 20.8 Å². The molecule has 0 saturated carbocycles. The molecule has 0 spiro atoms. The maximum atomic E-state index is 10.5. The van der Waals surface area contributed by atoms with Crippen LogP contribution in [-0.2, 0) is 14.4 Å². The van der Waals surface area contributed by atoms with Crippen LogP contribution in [0.1, 0.15) is 27.2 Å². The third-order valence-electron chi connectivity index (χ3n) is 1.34. The first-order chi connectivity index (χ1) is 5.88. The fourth-order valence-electron chi connectivity index (χ4n) is 0.902. The fourth-order valence-corrected chi connectivity index (χ4v) is 0.902. The topological polar surface area (TPSA) is 68.1 Å². The van der Waals surface area contributed by atoms with Crippen molar-refractivity contribution < 1.29 is 19.5 Å². The van der Waals surface area contributed by atoms with E-state index in [4.69, 9.17) is 9.84 Å². The van der Waals surface area contributed by atoms with Crippen molar-refractivity contribution in [3.05, 3.63) is 0 Å². The molecular formula is C8H13NO4. The molecule has 1 rings (SSSR count). The molecule has 0 saturated heterocycles. The first kappa shape index (κ1) is 9.83. The second-order valence-corrected chi connectivity index (χ2v) is 3.84. The number of hydrogen-bond acceptors (Lipinski definition) is 4. The maximum Gasteiger partial charge on any atom is 0.348 e. The van der Waals surface area contributed by atoms with Gasteiger partial charge in [0.1, 0.15) is 5.60 Å². The molecule has 0 fully saturated rings. The molecule has 0 bridgehead atoms. The molecule has 1 aliphatic heterocycles. The lowest BCUT2D eigenvalue weighted by molar-refractivity contribution is -0.148. The Hall–Kier alpha value is -1.26. The zero-order valence-corrected chi connectivity index (χ0v) is 7.90. The molecule has 5 heteroatoms. The van der Waals surface area contributed by atoms with Crippen molar-refractivity contribution in [3.8, 4) is 0 Å². The van der Waals surface area contributed by atoms with E-state index in [2.05, 4.69) is 9.99 Å². The van der Waals surface area contributed by atoms with Gasteiger partial charge in [0, 0.05) is 0 Å². The van der Waals surface area contributed by atoms with Crippen LogP contribution in [0.15, 0.2) is 5.16 Å². The predicted octanol–water partition coefficient (Wildman–Crippen LogP) is 0.988. The van der Waals surface area contributed by atoms with Crippen LogP contribution in [0.5, 0.6) is 0 Å². The number of nitrogens with zero attached hydrogens (tertiary/aromatic N) is 1. The predicted molar refractivity (Wildman–Crippen MR) is 45.4 cm³/mol. The highest BCUT2D eigenvalue weighted by Crippen LogP contribution is 2.16. The Labute approximate surface area is 76.3 Å². The summed E-state index contributed by atoms with van der Waals surface area (Å²) in [6.07, 6.45) is -0.690. The SMILES string of the molecule is CC(C)(C)OC1=NOC(C(=O)O)C1. The molecule has 1 aliphatic rings. The van der Waals surface area contributed by atoms with Crippen LogP contribution >= 0.6 is 0 Å². The molecule has 0 aromatic heterocycles. The van der Waals surface area contributed by atoms with E-state index in [1.54, 1.807) is 0 Å². The monoisotopic (exact) mass is 187 g/mol. The molecule has 0 aliphatic carbocycles. The van der Waals surface area contributed by atoms with Gasteiger partial charge in [-0.3, -0.25) is 0 Å². The lowest BCUT2D eigenvalue weighted by atomic mass is 10.2. The Bertz CT molecular complexity index is 241. The Morgan fingerprint density at radius 3 is 2.69 bits per heavy atom. The normalized spacial score (nSPS) is 22.1. The van der Waals surface area contributed by atoms with Gasteiger partial charge in [-0.15, -0.1) is 0 Å². The van der Waals surface area contributed by atoms with E-state index < -0.39 is 12.1 Å². The van der Waals surface area contributed by atoms with Crippen molar-refractivity contribution >= 4 is 11.9 Å². The third kappa shape index (κ3) is 2.93. The molecule has 1 N–H and O–H groups in total. The number of hydrogen-bond donors (Lipinski definition) is 1. The van der Waals surface area contributed by atoms with E-state index in [0.29, 0.717) is 5.90 Å². The van der Waals surface area contributed by atoms with Crippen molar-refractivity contribution in [2.24, 2.45) is 5.16 Å². The van der Waals surface area contributed by atoms with E-state index in [1.165, 1.54) is 0 Å². The number of carboxylic acid groups (broad SMARTS) is 1. The van der Waals surface area contributed by atoms with Gasteiger partial charge in [-0.2, -0.15) is 0 Å². The minimum atomic E-state index is -1.02. The van der Waals surface area contributed by atoms with Crippen LogP contribution in [0.25, 0.3) is 0 Å². The summed E-state index contributed by atoms with van der Waals surface area (Å²) in [5.41, 5.74) is -0.365. The Morgan fingerprint density at radius 2 is 2.31 bits per heavy atom. The minimum absolute atomic E-state index is 0.201. The summed E-state index contributed by atoms with van der Waals surface area (Å²) < 4.78 is 5.34. The molecule has 1 atom stereocenters. The summed E-state index contributed by atoms with van der Waals surface area (Å²) in [7, 11) is 0. The molecule has 74 valence electrons. The summed E-state index contributed by atoms with van der Waals surface area (Å²) in [6.45, 7) is 5.59. The van der Waals surface area contributed by atoms with Crippen LogP contribution in [0.2, 0.25) is 0 Å². The molecular weight excluding hydrogens is 174 g/mol. The Balaban J connectivity index is 2.45. The molecule has 1 unspecified atom stereocenters. The van der Waals surface area contributed by atoms with Crippen LogP contribution in [0.3, 0.4) is 0 Å². The van der Waals surface area contributed by atoms with Gasteiger partial charge in [0.2, 0.25) is 12.0 Å². The molecule has 1 heterocycles. The van der Waals surface area contributed by atoms with E-state index >= 15 is 0 Å². The van der Waals surface area contributed by atoms with Crippen molar-refractivity contribution in [2.75, 3.05) is 0 Å². The summed E-state index contributed by atoms with van der Waals surface area (Å²) in [5.74, 6) is -0.670. The molecule has 0 radical (unpaired) electrons. The van der Waals surface area contributed by atoms with Crippen LogP contribution in [0.4, 0.5) is 0 Å². The standard InChI is InChI=1S/C8H13NO4/c1-8(2,3)12-6-4-5(7(10)11)13-9-6/h5H,4H2,1-3H3,(H,10,11). The zero-order chi connectivity index (χ0) is 10.1. The van der Waals surface area contributed by atoms with E-state index in [0.717, 1.165) is 0 Å². The van der Waals surface area contributed by atoms with Gasteiger partial charge in [-0.1, -0.05) is 5.16 Å². The van der Waals surface area contributed by atoms with Gasteiger partial charge in [0.25, 0.3) is 0 Å². The molecule has 0 aromatic rings. The highest BCUT2D eigenvalue weighted by atomic mass is 16.7. The van der Waals surface area contributed by atoms with Crippen LogP contribution in [-0.4, -0.2) is 28.7 Å². The first-order valence-corrected chi connectivity index (χ1v) is 4.03. The molecule has 0 amide bonds. The molecule has 0 aromatic carbocycles. The average molecular weight is 187 g/mol. The van der Waals surface area contributed by atoms with Gasteiger partial charge >= 0.3 is 5.97 Å². The number of carbonyl (C=O) groups is 1. The zero-order valence-electron chi connectivity index (χ0n) is 7.90. The van der Waals surface area contributed by atoms with Crippen molar-refractivity contribution in [1.82, 2.24) is 0 Å². The lowest BCUT2D eigenvalue weighted by Gasteiger charge is -2.19. The van der Waals surface area contributed by atoms with Crippen molar-refractivity contribution in [2.45, 2.75) is 38.9 Å². The summed E-state index contributed by atoms with van der Waals surface area (Å²) in [6, 6.07) is 0.